The number of benzene rings is 2. The molecule has 3 rings (SSSR count). The van der Waals surface area contributed by atoms with Gasteiger partial charge in [0.05, 0.1) is 7.11 Å². The third kappa shape index (κ3) is 3.55. The molecule has 0 aromatic heterocycles. The van der Waals surface area contributed by atoms with Gasteiger partial charge >= 0.3 is 0 Å². The monoisotopic (exact) mass is 364 g/mol. The van der Waals surface area contributed by atoms with Crippen LogP contribution in [0.25, 0.3) is 0 Å². The van der Waals surface area contributed by atoms with Crippen LogP contribution in [0.15, 0.2) is 58.5 Å². The molecule has 0 fully saturated rings. The van der Waals surface area contributed by atoms with Crippen LogP contribution in [0.1, 0.15) is 11.7 Å². The Labute approximate surface area is 151 Å². The lowest BCUT2D eigenvalue weighted by molar-refractivity contribution is -0.00000521. The van der Waals surface area contributed by atoms with Crippen molar-refractivity contribution in [2.45, 2.75) is 6.17 Å². The van der Waals surface area contributed by atoms with Crippen LogP contribution >= 0.6 is 11.6 Å². The summed E-state index contributed by atoms with van der Waals surface area (Å²) >= 11 is 5.96. The number of ether oxygens (including phenoxy) is 1. The maximum Gasteiger partial charge on any atom is 0.221 e. The number of nitrogens with zero attached hydrogens (tertiary/aromatic N) is 3. The molecule has 24 heavy (non-hydrogen) atoms. The molecule has 0 aliphatic carbocycles. The molecular weight excluding hydrogens is 349 g/mol. The fourth-order valence-electron chi connectivity index (χ4n) is 2.38. The lowest BCUT2D eigenvalue weighted by Crippen LogP contribution is -3.00. The standard InChI is InChI=1S/C16H16ClN5O.ClH/c1-23-13-8-2-10(3-9-13)14-20-15(18)21-16(19)22(14)12-6-4-11(17)5-7-12;/h2-9,14H,1H3,(H4,18,19,20,21);1H/p-1. The molecule has 0 bridgehead atoms. The summed E-state index contributed by atoms with van der Waals surface area (Å²) in [5, 5.41) is 0.644. The van der Waals surface area contributed by atoms with Gasteiger partial charge in [-0.15, -0.1) is 0 Å². The van der Waals surface area contributed by atoms with Gasteiger partial charge in [-0.2, -0.15) is 4.99 Å². The number of anilines is 1. The predicted octanol–water partition coefficient (Wildman–Crippen LogP) is -0.499. The van der Waals surface area contributed by atoms with Crippen molar-refractivity contribution in [3.8, 4) is 5.75 Å². The molecule has 0 saturated carbocycles. The molecule has 1 aliphatic rings. The quantitative estimate of drug-likeness (QED) is 0.768. The molecule has 126 valence electrons. The van der Waals surface area contributed by atoms with Gasteiger partial charge in [0, 0.05) is 10.7 Å². The first-order chi connectivity index (χ1) is 11.1. The lowest BCUT2D eigenvalue weighted by atomic mass is 10.1. The topological polar surface area (TPSA) is 89.2 Å². The van der Waals surface area contributed by atoms with Gasteiger partial charge in [0.25, 0.3) is 0 Å². The molecule has 1 unspecified atom stereocenters. The second-order valence-corrected chi connectivity index (χ2v) is 5.39. The molecule has 0 radical (unpaired) electrons. The summed E-state index contributed by atoms with van der Waals surface area (Å²) in [6.45, 7) is 0. The fourth-order valence-corrected chi connectivity index (χ4v) is 2.51. The highest BCUT2D eigenvalue weighted by Crippen LogP contribution is 2.31. The Hall–Kier alpha value is -2.44. The van der Waals surface area contributed by atoms with Gasteiger partial charge in [-0.1, -0.05) is 23.7 Å². The van der Waals surface area contributed by atoms with Gasteiger partial charge in [0.1, 0.15) is 5.75 Å². The smallest absolute Gasteiger partial charge is 0.221 e. The zero-order chi connectivity index (χ0) is 16.4. The second kappa shape index (κ2) is 7.42. The van der Waals surface area contributed by atoms with Crippen molar-refractivity contribution in [1.29, 1.82) is 0 Å². The van der Waals surface area contributed by atoms with E-state index in [2.05, 4.69) is 9.98 Å². The average Bonchev–Trinajstić information content (AvgIpc) is 2.55. The van der Waals surface area contributed by atoms with Crippen molar-refractivity contribution in [2.75, 3.05) is 12.0 Å². The highest BCUT2D eigenvalue weighted by molar-refractivity contribution is 6.30. The molecule has 0 spiro atoms. The van der Waals surface area contributed by atoms with Gasteiger partial charge in [-0.25, -0.2) is 4.99 Å². The summed E-state index contributed by atoms with van der Waals surface area (Å²) in [5.41, 5.74) is 13.6. The summed E-state index contributed by atoms with van der Waals surface area (Å²) in [6, 6.07) is 14.9. The number of hydrogen-bond donors (Lipinski definition) is 2. The second-order valence-electron chi connectivity index (χ2n) is 4.95. The molecule has 2 aromatic carbocycles. The number of hydrogen-bond acceptors (Lipinski definition) is 6. The van der Waals surface area contributed by atoms with E-state index in [1.54, 1.807) is 24.1 Å². The van der Waals surface area contributed by atoms with E-state index in [-0.39, 0.29) is 24.3 Å². The van der Waals surface area contributed by atoms with Gasteiger partial charge < -0.3 is 28.6 Å². The van der Waals surface area contributed by atoms with Crippen molar-refractivity contribution < 1.29 is 17.1 Å². The summed E-state index contributed by atoms with van der Waals surface area (Å²) in [7, 11) is 1.62. The Kier molecular flexibility index (Phi) is 5.54. The Balaban J connectivity index is 0.00000208. The van der Waals surface area contributed by atoms with Crippen LogP contribution in [0.3, 0.4) is 0 Å². The minimum atomic E-state index is -0.403. The van der Waals surface area contributed by atoms with Gasteiger partial charge in [0.15, 0.2) is 6.17 Å². The van der Waals surface area contributed by atoms with Crippen molar-refractivity contribution in [3.63, 3.8) is 0 Å². The van der Waals surface area contributed by atoms with Crippen LogP contribution < -0.4 is 33.5 Å². The van der Waals surface area contributed by atoms with Gasteiger partial charge in [0.2, 0.25) is 11.9 Å². The summed E-state index contributed by atoms with van der Waals surface area (Å²) in [6.07, 6.45) is -0.403. The predicted molar refractivity (Wildman–Crippen MR) is 92.9 cm³/mol. The number of methoxy groups -OCH3 is 1. The Bertz CT molecular complexity index is 759. The molecular formula is C16H16Cl2N5O-. The van der Waals surface area contributed by atoms with Gasteiger partial charge in [-0.3, -0.25) is 4.90 Å². The Morgan fingerprint density at radius 3 is 2.25 bits per heavy atom. The largest absolute Gasteiger partial charge is 1.00 e. The van der Waals surface area contributed by atoms with Crippen molar-refractivity contribution >= 4 is 29.2 Å². The number of aliphatic imine (C=N–C) groups is 2. The minimum absolute atomic E-state index is 0. The molecule has 1 heterocycles. The van der Waals surface area contributed by atoms with Crippen LogP contribution in [0.5, 0.6) is 5.75 Å². The highest BCUT2D eigenvalue weighted by atomic mass is 35.5. The number of nitrogens with two attached hydrogens (primary N) is 2. The van der Waals surface area contributed by atoms with Crippen LogP contribution in [-0.2, 0) is 0 Å². The van der Waals surface area contributed by atoms with E-state index in [0.717, 1.165) is 17.0 Å². The van der Waals surface area contributed by atoms with E-state index in [1.165, 1.54) is 0 Å². The van der Waals surface area contributed by atoms with Crippen LogP contribution in [0.4, 0.5) is 5.69 Å². The van der Waals surface area contributed by atoms with Crippen LogP contribution in [-0.4, -0.2) is 19.0 Å². The van der Waals surface area contributed by atoms with Crippen LogP contribution in [0, 0.1) is 0 Å². The lowest BCUT2D eigenvalue weighted by Gasteiger charge is -2.32. The Morgan fingerprint density at radius 2 is 1.67 bits per heavy atom. The molecule has 0 amide bonds. The first-order valence-corrected chi connectivity index (χ1v) is 7.32. The first kappa shape index (κ1) is 17.9. The normalized spacial score (nSPS) is 16.8. The number of rotatable bonds is 3. The SMILES string of the molecule is COc1ccc(C2N=C(N)N=C(N)N2c2ccc(Cl)cc2)cc1.[Cl-]. The summed E-state index contributed by atoms with van der Waals surface area (Å²) in [4.78, 5) is 10.3. The molecule has 1 atom stereocenters. The van der Waals surface area contributed by atoms with E-state index >= 15 is 0 Å². The number of guanidine groups is 2. The van der Waals surface area contributed by atoms with Crippen molar-refractivity contribution in [2.24, 2.45) is 21.5 Å². The zero-order valence-corrected chi connectivity index (χ0v) is 14.4. The van der Waals surface area contributed by atoms with E-state index in [1.807, 2.05) is 36.4 Å². The molecule has 6 nitrogen and oxygen atoms in total. The van der Waals surface area contributed by atoms with E-state index < -0.39 is 6.17 Å². The molecule has 8 heteroatoms. The fraction of sp³-hybridized carbons (Fsp3) is 0.125. The maximum absolute atomic E-state index is 6.08. The Morgan fingerprint density at radius 1 is 1.04 bits per heavy atom. The van der Waals surface area contributed by atoms with Crippen molar-refractivity contribution in [3.05, 3.63) is 59.1 Å². The molecule has 0 saturated heterocycles. The minimum Gasteiger partial charge on any atom is -1.00 e. The number of halogens is 2. The summed E-state index contributed by atoms with van der Waals surface area (Å²) in [5.74, 6) is 1.19. The third-order valence-corrected chi connectivity index (χ3v) is 3.75. The highest BCUT2D eigenvalue weighted by Gasteiger charge is 2.27. The van der Waals surface area contributed by atoms with Crippen molar-refractivity contribution in [1.82, 2.24) is 0 Å². The zero-order valence-electron chi connectivity index (χ0n) is 12.9. The van der Waals surface area contributed by atoms with E-state index in [0.29, 0.717) is 5.02 Å². The molecule has 1 aliphatic heterocycles. The molecule has 4 N–H and O–H groups in total. The van der Waals surface area contributed by atoms with E-state index in [9.17, 15) is 0 Å². The molecule has 2 aromatic rings. The first-order valence-electron chi connectivity index (χ1n) is 6.94. The van der Waals surface area contributed by atoms with Crippen LogP contribution in [0.2, 0.25) is 5.02 Å². The van der Waals surface area contributed by atoms with Gasteiger partial charge in [-0.05, 0) is 42.0 Å². The van der Waals surface area contributed by atoms with E-state index in [4.69, 9.17) is 27.8 Å². The average molecular weight is 365 g/mol. The summed E-state index contributed by atoms with van der Waals surface area (Å²) < 4.78 is 5.19. The third-order valence-electron chi connectivity index (χ3n) is 3.49. The maximum atomic E-state index is 6.08.